The molecular weight excluding hydrogens is 190 g/mol. The summed E-state index contributed by atoms with van der Waals surface area (Å²) in [6.07, 6.45) is 6.07. The number of hydrogen-bond donors (Lipinski definition) is 0. The van der Waals surface area contributed by atoms with Crippen molar-refractivity contribution < 1.29 is 9.53 Å². The number of nitrogens with zero attached hydrogens (tertiary/aromatic N) is 1. The van der Waals surface area contributed by atoms with Gasteiger partial charge in [-0.25, -0.2) is 0 Å². The van der Waals surface area contributed by atoms with Crippen molar-refractivity contribution >= 4 is 5.91 Å². The van der Waals surface area contributed by atoms with Crippen LogP contribution in [0.3, 0.4) is 0 Å². The Labute approximate surface area is 90.8 Å². The van der Waals surface area contributed by atoms with Gasteiger partial charge < -0.3 is 9.64 Å². The molecule has 0 radical (unpaired) electrons. The summed E-state index contributed by atoms with van der Waals surface area (Å²) in [7, 11) is 0. The molecule has 1 spiro atoms. The highest BCUT2D eigenvalue weighted by Gasteiger charge is 2.51. The zero-order valence-electron chi connectivity index (χ0n) is 9.21. The van der Waals surface area contributed by atoms with Crippen molar-refractivity contribution in [2.75, 3.05) is 26.3 Å². The molecule has 15 heavy (non-hydrogen) atoms. The largest absolute Gasteiger partial charge is 0.380 e. The van der Waals surface area contributed by atoms with E-state index in [4.69, 9.17) is 4.74 Å². The summed E-state index contributed by atoms with van der Waals surface area (Å²) in [5.41, 5.74) is 0.379. The second-order valence-electron chi connectivity index (χ2n) is 5.52. The third kappa shape index (κ3) is 1.57. The molecule has 0 N–H and O–H groups in total. The summed E-state index contributed by atoms with van der Waals surface area (Å²) in [6.45, 7) is 3.67. The van der Waals surface area contributed by atoms with Gasteiger partial charge in [-0.05, 0) is 12.8 Å². The minimum Gasteiger partial charge on any atom is -0.380 e. The summed E-state index contributed by atoms with van der Waals surface area (Å²) < 4.78 is 5.22. The van der Waals surface area contributed by atoms with Crippen LogP contribution < -0.4 is 0 Å². The fraction of sp³-hybridized carbons (Fsp3) is 0.917. The molecule has 3 heteroatoms. The third-order valence-electron chi connectivity index (χ3n) is 4.14. The van der Waals surface area contributed by atoms with Gasteiger partial charge in [0, 0.05) is 19.0 Å². The number of carbonyl (C=O) groups is 1. The molecule has 3 aliphatic rings. The van der Waals surface area contributed by atoms with Crippen LogP contribution in [-0.4, -0.2) is 37.1 Å². The minimum absolute atomic E-state index is 0.345. The van der Waals surface area contributed by atoms with Crippen molar-refractivity contribution in [2.24, 2.45) is 11.3 Å². The number of rotatable bonds is 1. The Morgan fingerprint density at radius 3 is 2.33 bits per heavy atom. The standard InChI is InChI=1S/C12H19NO2/c14-11(10-4-2-1-3-5-10)13-6-12(7-13)8-15-9-12/h10H,1-9H2. The number of likely N-dealkylation sites (tertiary alicyclic amines) is 1. The van der Waals surface area contributed by atoms with Crippen LogP contribution in [0, 0.1) is 11.3 Å². The lowest BCUT2D eigenvalue weighted by atomic mass is 9.76. The fourth-order valence-electron chi connectivity index (χ4n) is 3.10. The second-order valence-corrected chi connectivity index (χ2v) is 5.52. The van der Waals surface area contributed by atoms with Crippen LogP contribution in [0.4, 0.5) is 0 Å². The molecule has 0 aromatic rings. The molecule has 0 atom stereocenters. The molecule has 3 nitrogen and oxygen atoms in total. The number of ether oxygens (including phenoxy) is 1. The lowest BCUT2D eigenvalue weighted by Crippen LogP contribution is -2.67. The van der Waals surface area contributed by atoms with Crippen molar-refractivity contribution in [2.45, 2.75) is 32.1 Å². The zero-order chi connectivity index (χ0) is 10.3. The molecular formula is C12H19NO2. The smallest absolute Gasteiger partial charge is 0.225 e. The highest BCUT2D eigenvalue weighted by atomic mass is 16.5. The molecule has 0 aromatic carbocycles. The molecule has 3 rings (SSSR count). The Kier molecular flexibility index (Phi) is 2.23. The van der Waals surface area contributed by atoms with Crippen molar-refractivity contribution in [1.82, 2.24) is 4.90 Å². The first kappa shape index (κ1) is 9.64. The SMILES string of the molecule is O=C(C1CCCCC1)N1CC2(COC2)C1. The first-order valence-electron chi connectivity index (χ1n) is 6.16. The molecule has 1 saturated carbocycles. The van der Waals surface area contributed by atoms with E-state index in [-0.39, 0.29) is 0 Å². The quantitative estimate of drug-likeness (QED) is 0.653. The van der Waals surface area contributed by atoms with E-state index in [0.29, 0.717) is 17.2 Å². The molecule has 3 fully saturated rings. The van der Waals surface area contributed by atoms with Crippen LogP contribution >= 0.6 is 0 Å². The van der Waals surface area contributed by atoms with E-state index in [1.807, 2.05) is 0 Å². The Morgan fingerprint density at radius 2 is 1.80 bits per heavy atom. The van der Waals surface area contributed by atoms with Gasteiger partial charge in [-0.15, -0.1) is 0 Å². The number of amides is 1. The molecule has 0 aromatic heterocycles. The summed E-state index contributed by atoms with van der Waals surface area (Å²) in [6, 6.07) is 0. The Balaban J connectivity index is 1.52. The van der Waals surface area contributed by atoms with Crippen LogP contribution in [0.1, 0.15) is 32.1 Å². The van der Waals surface area contributed by atoms with Gasteiger partial charge in [-0.3, -0.25) is 4.79 Å². The number of carbonyl (C=O) groups excluding carboxylic acids is 1. The number of hydrogen-bond acceptors (Lipinski definition) is 2. The van der Waals surface area contributed by atoms with E-state index < -0.39 is 0 Å². The van der Waals surface area contributed by atoms with E-state index in [2.05, 4.69) is 4.90 Å². The van der Waals surface area contributed by atoms with E-state index in [1.165, 1.54) is 19.3 Å². The predicted molar refractivity (Wildman–Crippen MR) is 56.4 cm³/mol. The zero-order valence-corrected chi connectivity index (χ0v) is 9.21. The Hall–Kier alpha value is -0.570. The highest BCUT2D eigenvalue weighted by Crippen LogP contribution is 2.39. The van der Waals surface area contributed by atoms with Gasteiger partial charge >= 0.3 is 0 Å². The molecule has 84 valence electrons. The first-order valence-corrected chi connectivity index (χ1v) is 6.16. The fourth-order valence-corrected chi connectivity index (χ4v) is 3.10. The molecule has 2 aliphatic heterocycles. The van der Waals surface area contributed by atoms with Crippen LogP contribution in [0.25, 0.3) is 0 Å². The molecule has 2 heterocycles. The van der Waals surface area contributed by atoms with Gasteiger partial charge in [-0.2, -0.15) is 0 Å². The van der Waals surface area contributed by atoms with E-state index in [1.54, 1.807) is 0 Å². The predicted octanol–water partition coefficient (Wildman–Crippen LogP) is 1.43. The van der Waals surface area contributed by atoms with Gasteiger partial charge in [-0.1, -0.05) is 19.3 Å². The normalized spacial score (nSPS) is 29.7. The van der Waals surface area contributed by atoms with Crippen LogP contribution in [0.5, 0.6) is 0 Å². The van der Waals surface area contributed by atoms with Gasteiger partial charge in [0.05, 0.1) is 18.6 Å². The molecule has 1 amide bonds. The van der Waals surface area contributed by atoms with Gasteiger partial charge in [0.2, 0.25) is 5.91 Å². The highest BCUT2D eigenvalue weighted by molar-refractivity contribution is 5.80. The topological polar surface area (TPSA) is 29.5 Å². The van der Waals surface area contributed by atoms with E-state index in [9.17, 15) is 4.79 Å². The second kappa shape index (κ2) is 3.48. The maximum Gasteiger partial charge on any atom is 0.225 e. The molecule has 2 saturated heterocycles. The van der Waals surface area contributed by atoms with Crippen molar-refractivity contribution in [3.8, 4) is 0 Å². The van der Waals surface area contributed by atoms with Crippen molar-refractivity contribution in [1.29, 1.82) is 0 Å². The van der Waals surface area contributed by atoms with Crippen LogP contribution in [0.2, 0.25) is 0 Å². The maximum atomic E-state index is 12.1. The third-order valence-corrected chi connectivity index (χ3v) is 4.14. The maximum absolute atomic E-state index is 12.1. The summed E-state index contributed by atoms with van der Waals surface area (Å²) >= 11 is 0. The van der Waals surface area contributed by atoms with E-state index in [0.717, 1.165) is 39.1 Å². The van der Waals surface area contributed by atoms with Crippen LogP contribution in [0.15, 0.2) is 0 Å². The van der Waals surface area contributed by atoms with E-state index >= 15 is 0 Å². The summed E-state index contributed by atoms with van der Waals surface area (Å²) in [5.74, 6) is 0.768. The average molecular weight is 209 g/mol. The molecule has 0 unspecified atom stereocenters. The van der Waals surface area contributed by atoms with Gasteiger partial charge in [0.1, 0.15) is 0 Å². The Morgan fingerprint density at radius 1 is 1.13 bits per heavy atom. The van der Waals surface area contributed by atoms with Crippen molar-refractivity contribution in [3.63, 3.8) is 0 Å². The van der Waals surface area contributed by atoms with Crippen LogP contribution in [-0.2, 0) is 9.53 Å². The monoisotopic (exact) mass is 209 g/mol. The molecule has 0 bridgehead atoms. The first-order chi connectivity index (χ1) is 7.29. The lowest BCUT2D eigenvalue weighted by molar-refractivity contribution is -0.197. The lowest BCUT2D eigenvalue weighted by Gasteiger charge is -2.55. The van der Waals surface area contributed by atoms with Gasteiger partial charge in [0.25, 0.3) is 0 Å². The summed E-state index contributed by atoms with van der Waals surface area (Å²) in [4.78, 5) is 14.1. The Bertz CT molecular complexity index is 259. The molecule has 1 aliphatic carbocycles. The van der Waals surface area contributed by atoms with Gasteiger partial charge in [0.15, 0.2) is 0 Å². The minimum atomic E-state index is 0.345. The average Bonchev–Trinajstić information content (AvgIpc) is 2.14. The summed E-state index contributed by atoms with van der Waals surface area (Å²) in [5, 5.41) is 0. The van der Waals surface area contributed by atoms with Crippen molar-refractivity contribution in [3.05, 3.63) is 0 Å².